The molecule has 0 atom stereocenters. The van der Waals surface area contributed by atoms with E-state index in [0.717, 1.165) is 11.4 Å². The van der Waals surface area contributed by atoms with Crippen LogP contribution >= 0.6 is 23.5 Å². The number of hydrogen-bond donors (Lipinski definition) is 1. The first-order valence-corrected chi connectivity index (χ1v) is 8.55. The summed E-state index contributed by atoms with van der Waals surface area (Å²) < 4.78 is 0. The van der Waals surface area contributed by atoms with E-state index < -0.39 is 0 Å². The quantitative estimate of drug-likeness (QED) is 0.510. The minimum atomic E-state index is 0.601. The van der Waals surface area contributed by atoms with Crippen molar-refractivity contribution < 1.29 is 0 Å². The Kier molecular flexibility index (Phi) is 5.56. The van der Waals surface area contributed by atoms with E-state index in [1.165, 1.54) is 16.0 Å². The molecule has 2 aromatic carbocycles. The van der Waals surface area contributed by atoms with E-state index in [-0.39, 0.29) is 0 Å². The molecule has 0 amide bonds. The number of thioether (sulfide) groups is 2. The van der Waals surface area contributed by atoms with Gasteiger partial charge in [-0.1, -0.05) is 36.0 Å². The highest BCUT2D eigenvalue weighted by Gasteiger charge is 1.99. The van der Waals surface area contributed by atoms with Crippen LogP contribution in [0.3, 0.4) is 0 Å². The molecule has 0 heterocycles. The van der Waals surface area contributed by atoms with Crippen molar-refractivity contribution in [1.29, 1.82) is 0 Å². The van der Waals surface area contributed by atoms with Crippen molar-refractivity contribution in [2.24, 2.45) is 10.7 Å². The lowest BCUT2D eigenvalue weighted by molar-refractivity contribution is 1.35. The third-order valence-electron chi connectivity index (χ3n) is 2.79. The van der Waals surface area contributed by atoms with Crippen molar-refractivity contribution in [3.63, 3.8) is 0 Å². The summed E-state index contributed by atoms with van der Waals surface area (Å²) >= 11 is 3.31. The Morgan fingerprint density at radius 1 is 1.15 bits per heavy atom. The highest BCUT2D eigenvalue weighted by atomic mass is 32.2. The molecule has 0 unspecified atom stereocenters. The molecular weight excluding hydrogens is 284 g/mol. The molecule has 2 aromatic rings. The van der Waals surface area contributed by atoms with Crippen LogP contribution in [0.4, 0.5) is 5.69 Å². The molecule has 4 heteroatoms. The Bertz CT molecular complexity index is 592. The second-order valence-electron chi connectivity index (χ2n) is 4.43. The van der Waals surface area contributed by atoms with Crippen LogP contribution in [0, 0.1) is 6.92 Å². The SMILES string of the molecule is CSc1ccc(CSC(N)=Nc2cccc(C)c2)cc1. The Balaban J connectivity index is 1.95. The second-order valence-corrected chi connectivity index (χ2v) is 6.30. The first kappa shape index (κ1) is 15.0. The zero-order chi connectivity index (χ0) is 14.4. The predicted molar refractivity (Wildman–Crippen MR) is 92.0 cm³/mol. The van der Waals surface area contributed by atoms with Gasteiger partial charge in [-0.3, -0.25) is 0 Å². The van der Waals surface area contributed by atoms with Crippen LogP contribution in [0.5, 0.6) is 0 Å². The summed E-state index contributed by atoms with van der Waals surface area (Å²) in [4.78, 5) is 5.70. The number of hydrogen-bond acceptors (Lipinski definition) is 3. The Hall–Kier alpha value is -1.39. The summed E-state index contributed by atoms with van der Waals surface area (Å²) in [6, 6.07) is 16.6. The maximum Gasteiger partial charge on any atom is 0.159 e. The van der Waals surface area contributed by atoms with Gasteiger partial charge < -0.3 is 5.73 Å². The number of aliphatic imine (C=N–C) groups is 1. The van der Waals surface area contributed by atoms with Crippen molar-refractivity contribution >= 4 is 34.4 Å². The lowest BCUT2D eigenvalue weighted by Gasteiger charge is -2.03. The molecule has 0 saturated heterocycles. The molecule has 0 bridgehead atoms. The monoisotopic (exact) mass is 302 g/mol. The van der Waals surface area contributed by atoms with Gasteiger partial charge in [0.15, 0.2) is 5.17 Å². The van der Waals surface area contributed by atoms with Gasteiger partial charge in [-0.2, -0.15) is 0 Å². The zero-order valence-electron chi connectivity index (χ0n) is 11.7. The molecule has 104 valence electrons. The second kappa shape index (κ2) is 7.41. The van der Waals surface area contributed by atoms with Crippen molar-refractivity contribution in [1.82, 2.24) is 0 Å². The van der Waals surface area contributed by atoms with Crippen molar-refractivity contribution in [2.75, 3.05) is 6.26 Å². The van der Waals surface area contributed by atoms with E-state index in [1.807, 2.05) is 18.2 Å². The van der Waals surface area contributed by atoms with Crippen LogP contribution in [0.25, 0.3) is 0 Å². The molecular formula is C16H18N2S2. The average molecular weight is 302 g/mol. The zero-order valence-corrected chi connectivity index (χ0v) is 13.3. The molecule has 0 fully saturated rings. The number of aryl methyl sites for hydroxylation is 1. The third-order valence-corrected chi connectivity index (χ3v) is 4.40. The lowest BCUT2D eigenvalue weighted by atomic mass is 10.2. The van der Waals surface area contributed by atoms with Crippen molar-refractivity contribution in [3.05, 3.63) is 59.7 Å². The summed E-state index contributed by atoms with van der Waals surface area (Å²) in [6.07, 6.45) is 2.08. The van der Waals surface area contributed by atoms with Gasteiger partial charge in [0.1, 0.15) is 0 Å². The summed E-state index contributed by atoms with van der Waals surface area (Å²) in [6.45, 7) is 2.05. The van der Waals surface area contributed by atoms with E-state index in [2.05, 4.69) is 48.5 Å². The topological polar surface area (TPSA) is 38.4 Å². The molecule has 2 N–H and O–H groups in total. The van der Waals surface area contributed by atoms with E-state index in [0.29, 0.717) is 5.17 Å². The molecule has 0 aliphatic heterocycles. The standard InChI is InChI=1S/C16H18N2S2/c1-12-4-3-5-14(10-12)18-16(17)20-11-13-6-8-15(19-2)9-7-13/h3-10H,11H2,1-2H3,(H2,17,18). The van der Waals surface area contributed by atoms with Gasteiger partial charge in [0.2, 0.25) is 0 Å². The van der Waals surface area contributed by atoms with Gasteiger partial charge in [0.05, 0.1) is 5.69 Å². The van der Waals surface area contributed by atoms with E-state index in [1.54, 1.807) is 23.5 Å². The van der Waals surface area contributed by atoms with Crippen molar-refractivity contribution in [3.8, 4) is 0 Å². The number of nitrogens with zero attached hydrogens (tertiary/aromatic N) is 1. The Labute approximate surface area is 128 Å². The maximum absolute atomic E-state index is 5.97. The normalized spacial score (nSPS) is 11.6. The third kappa shape index (κ3) is 4.62. The van der Waals surface area contributed by atoms with Crippen LogP contribution in [-0.4, -0.2) is 11.4 Å². The molecule has 0 spiro atoms. The van der Waals surface area contributed by atoms with Crippen LogP contribution in [-0.2, 0) is 5.75 Å². The fourth-order valence-electron chi connectivity index (χ4n) is 1.74. The van der Waals surface area contributed by atoms with Crippen LogP contribution in [0.1, 0.15) is 11.1 Å². The molecule has 0 aliphatic rings. The first-order chi connectivity index (χ1) is 9.67. The van der Waals surface area contributed by atoms with Gasteiger partial charge in [-0.25, -0.2) is 4.99 Å². The smallest absolute Gasteiger partial charge is 0.159 e. The predicted octanol–water partition coefficient (Wildman–Crippen LogP) is 4.60. The molecule has 0 radical (unpaired) electrons. The molecule has 2 nitrogen and oxygen atoms in total. The Morgan fingerprint density at radius 2 is 1.90 bits per heavy atom. The Morgan fingerprint density at radius 3 is 2.55 bits per heavy atom. The number of rotatable bonds is 4. The molecule has 0 saturated carbocycles. The largest absolute Gasteiger partial charge is 0.378 e. The van der Waals surface area contributed by atoms with E-state index in [9.17, 15) is 0 Å². The van der Waals surface area contributed by atoms with Gasteiger partial charge in [-0.05, 0) is 48.6 Å². The van der Waals surface area contributed by atoms with Gasteiger partial charge in [0, 0.05) is 10.6 Å². The van der Waals surface area contributed by atoms with Gasteiger partial charge in [-0.15, -0.1) is 11.8 Å². The van der Waals surface area contributed by atoms with Crippen LogP contribution < -0.4 is 5.73 Å². The molecule has 0 aromatic heterocycles. The van der Waals surface area contributed by atoms with Crippen molar-refractivity contribution in [2.45, 2.75) is 17.6 Å². The summed E-state index contributed by atoms with van der Waals surface area (Å²) in [5.74, 6) is 0.843. The van der Waals surface area contributed by atoms with Crippen LogP contribution in [0.2, 0.25) is 0 Å². The maximum atomic E-state index is 5.97. The number of benzene rings is 2. The van der Waals surface area contributed by atoms with Crippen LogP contribution in [0.15, 0.2) is 58.4 Å². The highest BCUT2D eigenvalue weighted by molar-refractivity contribution is 8.13. The minimum absolute atomic E-state index is 0.601. The summed E-state index contributed by atoms with van der Waals surface area (Å²) in [5.41, 5.74) is 9.33. The fraction of sp³-hybridized carbons (Fsp3) is 0.188. The van der Waals surface area contributed by atoms with E-state index in [4.69, 9.17) is 5.73 Å². The number of amidine groups is 1. The minimum Gasteiger partial charge on any atom is -0.378 e. The van der Waals surface area contributed by atoms with Gasteiger partial charge >= 0.3 is 0 Å². The molecule has 2 rings (SSSR count). The number of nitrogens with two attached hydrogens (primary N) is 1. The highest BCUT2D eigenvalue weighted by Crippen LogP contribution is 2.20. The molecule has 0 aliphatic carbocycles. The summed E-state index contributed by atoms with van der Waals surface area (Å²) in [5, 5.41) is 0.601. The fourth-order valence-corrected chi connectivity index (χ4v) is 2.82. The summed E-state index contributed by atoms with van der Waals surface area (Å²) in [7, 11) is 0. The molecule has 20 heavy (non-hydrogen) atoms. The van der Waals surface area contributed by atoms with Gasteiger partial charge in [0.25, 0.3) is 0 Å². The average Bonchev–Trinajstić information content (AvgIpc) is 2.46. The van der Waals surface area contributed by atoms with E-state index >= 15 is 0 Å². The lowest BCUT2D eigenvalue weighted by Crippen LogP contribution is -2.06. The first-order valence-electron chi connectivity index (χ1n) is 6.34.